The van der Waals surface area contributed by atoms with Gasteiger partial charge in [-0.3, -0.25) is 10.1 Å². The number of halogens is 1. The average molecular weight is 587 g/mol. The Labute approximate surface area is 251 Å². The molecule has 0 radical (unpaired) electrons. The van der Waals surface area contributed by atoms with Crippen LogP contribution in [0.4, 0.5) is 17.1 Å². The van der Waals surface area contributed by atoms with Crippen molar-refractivity contribution >= 4 is 34.6 Å². The summed E-state index contributed by atoms with van der Waals surface area (Å²) in [6.07, 6.45) is 0.914. The normalized spacial score (nSPS) is 13.3. The molecule has 2 heterocycles. The number of carbonyl (C=O) groups excluding carboxylic acids is 1. The van der Waals surface area contributed by atoms with E-state index in [4.69, 9.17) is 16.3 Å². The highest BCUT2D eigenvalue weighted by molar-refractivity contribution is 6.30. The topological polar surface area (TPSA) is 80.8 Å². The standard InChI is InChI=1S/C33H35ClN4O4/c1-4-17-37-23(3)30(33(39)42-5-2)31(32(37)24-9-11-26(34)12-10-24)25-7-6-8-29(22-25)36-20-18-35(19-21-36)27-13-15-28(16-14-27)38(40)41/h6-16,22H,4-5,17-21H2,1-3H3. The van der Waals surface area contributed by atoms with E-state index in [9.17, 15) is 14.9 Å². The second kappa shape index (κ2) is 12.7. The van der Waals surface area contributed by atoms with E-state index >= 15 is 0 Å². The summed E-state index contributed by atoms with van der Waals surface area (Å²) in [7, 11) is 0. The van der Waals surface area contributed by atoms with Gasteiger partial charge in [0, 0.05) is 72.5 Å². The molecule has 0 saturated carbocycles. The van der Waals surface area contributed by atoms with Crippen LogP contribution >= 0.6 is 11.6 Å². The molecule has 0 spiro atoms. The average Bonchev–Trinajstić information content (AvgIpc) is 3.30. The van der Waals surface area contributed by atoms with Crippen molar-refractivity contribution < 1.29 is 14.5 Å². The minimum atomic E-state index is -0.377. The SMILES string of the molecule is CCCn1c(C)c(C(=O)OCC)c(-c2cccc(N3CCN(c4ccc([N+](=O)[O-])cc4)CC3)c2)c1-c1ccc(Cl)cc1. The summed E-state index contributed by atoms with van der Waals surface area (Å²) in [4.78, 5) is 28.7. The molecule has 0 bridgehead atoms. The molecule has 0 unspecified atom stereocenters. The summed E-state index contributed by atoms with van der Waals surface area (Å²) in [5, 5.41) is 11.7. The summed E-state index contributed by atoms with van der Waals surface area (Å²) in [6.45, 7) is 10.2. The maximum atomic E-state index is 13.4. The molecular formula is C33H35ClN4O4. The van der Waals surface area contributed by atoms with Gasteiger partial charge in [-0.05, 0) is 67.8 Å². The molecule has 1 aromatic heterocycles. The fourth-order valence-corrected chi connectivity index (χ4v) is 5.87. The molecule has 3 aromatic carbocycles. The first-order valence-corrected chi connectivity index (χ1v) is 14.7. The van der Waals surface area contributed by atoms with Crippen molar-refractivity contribution in [2.24, 2.45) is 0 Å². The number of nitrogens with zero attached hydrogens (tertiary/aromatic N) is 4. The van der Waals surface area contributed by atoms with Gasteiger partial charge < -0.3 is 19.1 Å². The zero-order chi connectivity index (χ0) is 29.8. The van der Waals surface area contributed by atoms with Gasteiger partial charge in [-0.2, -0.15) is 0 Å². The summed E-state index contributed by atoms with van der Waals surface area (Å²) in [6, 6.07) is 22.9. The van der Waals surface area contributed by atoms with Crippen LogP contribution in [0, 0.1) is 17.0 Å². The number of nitro benzene ring substituents is 1. The molecular weight excluding hydrogens is 552 g/mol. The Morgan fingerprint density at radius 2 is 1.55 bits per heavy atom. The minimum Gasteiger partial charge on any atom is -0.462 e. The molecule has 1 fully saturated rings. The fraction of sp³-hybridized carbons (Fsp3) is 0.303. The second-order valence-electron chi connectivity index (χ2n) is 10.4. The molecule has 9 heteroatoms. The molecule has 218 valence electrons. The monoisotopic (exact) mass is 586 g/mol. The molecule has 0 aliphatic carbocycles. The summed E-state index contributed by atoms with van der Waals surface area (Å²) in [5.41, 5.74) is 7.43. The zero-order valence-corrected chi connectivity index (χ0v) is 24.9. The number of benzene rings is 3. The number of piperazine rings is 1. The second-order valence-corrected chi connectivity index (χ2v) is 10.8. The first-order chi connectivity index (χ1) is 20.3. The van der Waals surface area contributed by atoms with Crippen molar-refractivity contribution in [2.45, 2.75) is 33.7 Å². The van der Waals surface area contributed by atoms with Crippen molar-refractivity contribution in [3.63, 3.8) is 0 Å². The van der Waals surface area contributed by atoms with E-state index in [2.05, 4.69) is 39.5 Å². The van der Waals surface area contributed by atoms with Gasteiger partial charge in [0.1, 0.15) is 0 Å². The van der Waals surface area contributed by atoms with Crippen LogP contribution in [0.5, 0.6) is 0 Å². The lowest BCUT2D eigenvalue weighted by molar-refractivity contribution is -0.384. The van der Waals surface area contributed by atoms with Gasteiger partial charge in [-0.25, -0.2) is 4.79 Å². The van der Waals surface area contributed by atoms with Crippen LogP contribution in [-0.4, -0.2) is 48.2 Å². The van der Waals surface area contributed by atoms with Crippen LogP contribution < -0.4 is 9.80 Å². The van der Waals surface area contributed by atoms with E-state index in [1.165, 1.54) is 0 Å². The van der Waals surface area contributed by atoms with Gasteiger partial charge >= 0.3 is 5.97 Å². The van der Waals surface area contributed by atoms with Crippen LogP contribution in [0.3, 0.4) is 0 Å². The summed E-state index contributed by atoms with van der Waals surface area (Å²) < 4.78 is 7.79. The van der Waals surface area contributed by atoms with Gasteiger partial charge in [0.05, 0.1) is 22.8 Å². The maximum Gasteiger partial charge on any atom is 0.340 e. The Kier molecular flexibility index (Phi) is 8.83. The van der Waals surface area contributed by atoms with E-state index in [1.54, 1.807) is 12.1 Å². The lowest BCUT2D eigenvalue weighted by atomic mass is 9.96. The zero-order valence-electron chi connectivity index (χ0n) is 24.2. The van der Waals surface area contributed by atoms with E-state index in [-0.39, 0.29) is 16.6 Å². The molecule has 0 amide bonds. The van der Waals surface area contributed by atoms with Crippen molar-refractivity contribution in [1.82, 2.24) is 4.57 Å². The molecule has 1 aliphatic rings. The Hall–Kier alpha value is -4.30. The third-order valence-corrected chi connectivity index (χ3v) is 8.03. The molecule has 8 nitrogen and oxygen atoms in total. The van der Waals surface area contributed by atoms with Crippen LogP contribution in [0.15, 0.2) is 72.8 Å². The van der Waals surface area contributed by atoms with Crippen LogP contribution in [-0.2, 0) is 11.3 Å². The van der Waals surface area contributed by atoms with Crippen LogP contribution in [0.2, 0.25) is 5.02 Å². The maximum absolute atomic E-state index is 13.4. The molecule has 1 aliphatic heterocycles. The van der Waals surface area contributed by atoms with Gasteiger partial charge in [-0.1, -0.05) is 42.8 Å². The first kappa shape index (κ1) is 29.2. The van der Waals surface area contributed by atoms with Crippen LogP contribution in [0.25, 0.3) is 22.4 Å². The predicted molar refractivity (Wildman–Crippen MR) is 169 cm³/mol. The van der Waals surface area contributed by atoms with Crippen LogP contribution in [0.1, 0.15) is 36.3 Å². The van der Waals surface area contributed by atoms with Gasteiger partial charge in [0.2, 0.25) is 0 Å². The minimum absolute atomic E-state index is 0.0948. The van der Waals surface area contributed by atoms with Gasteiger partial charge in [0.25, 0.3) is 5.69 Å². The fourth-order valence-electron chi connectivity index (χ4n) is 5.75. The highest BCUT2D eigenvalue weighted by Crippen LogP contribution is 2.41. The predicted octanol–water partition coefficient (Wildman–Crippen LogP) is 7.61. The Morgan fingerprint density at radius 3 is 2.14 bits per heavy atom. The summed E-state index contributed by atoms with van der Waals surface area (Å²) >= 11 is 6.24. The largest absolute Gasteiger partial charge is 0.462 e. The molecule has 42 heavy (non-hydrogen) atoms. The smallest absolute Gasteiger partial charge is 0.340 e. The molecule has 0 atom stereocenters. The molecule has 5 rings (SSSR count). The molecule has 4 aromatic rings. The highest BCUT2D eigenvalue weighted by atomic mass is 35.5. The number of anilines is 2. The van der Waals surface area contributed by atoms with E-state index in [1.807, 2.05) is 56.3 Å². The van der Waals surface area contributed by atoms with E-state index in [0.29, 0.717) is 17.2 Å². The summed E-state index contributed by atoms with van der Waals surface area (Å²) in [5.74, 6) is -0.322. The molecule has 0 N–H and O–H groups in total. The Balaban J connectivity index is 1.51. The third kappa shape index (κ3) is 5.85. The van der Waals surface area contributed by atoms with E-state index in [0.717, 1.165) is 78.6 Å². The number of aromatic nitrogens is 1. The number of esters is 1. The van der Waals surface area contributed by atoms with Crippen molar-refractivity contribution in [3.8, 4) is 22.4 Å². The van der Waals surface area contributed by atoms with Crippen molar-refractivity contribution in [1.29, 1.82) is 0 Å². The number of ether oxygens (including phenoxy) is 1. The van der Waals surface area contributed by atoms with Gasteiger partial charge in [0.15, 0.2) is 0 Å². The lowest BCUT2D eigenvalue weighted by Crippen LogP contribution is -2.46. The first-order valence-electron chi connectivity index (χ1n) is 14.3. The number of rotatable bonds is 9. The molecule has 1 saturated heterocycles. The van der Waals surface area contributed by atoms with Crippen molar-refractivity contribution in [3.05, 3.63) is 99.2 Å². The highest BCUT2D eigenvalue weighted by Gasteiger charge is 2.28. The number of non-ortho nitro benzene ring substituents is 1. The number of carbonyl (C=O) groups is 1. The number of hydrogen-bond donors (Lipinski definition) is 0. The number of nitro groups is 1. The quantitative estimate of drug-likeness (QED) is 0.114. The third-order valence-electron chi connectivity index (χ3n) is 7.77. The van der Waals surface area contributed by atoms with Gasteiger partial charge in [-0.15, -0.1) is 0 Å². The Bertz CT molecular complexity index is 1570. The Morgan fingerprint density at radius 1 is 0.905 bits per heavy atom. The lowest BCUT2D eigenvalue weighted by Gasteiger charge is -2.37. The van der Waals surface area contributed by atoms with E-state index < -0.39 is 0 Å². The number of hydrogen-bond acceptors (Lipinski definition) is 6. The van der Waals surface area contributed by atoms with Crippen molar-refractivity contribution in [2.75, 3.05) is 42.6 Å².